The van der Waals surface area contributed by atoms with Gasteiger partial charge in [0.05, 0.1) is 10.1 Å². The normalized spacial score (nSPS) is 11.0. The van der Waals surface area contributed by atoms with E-state index in [0.29, 0.717) is 28.7 Å². The molecule has 9 heteroatoms. The van der Waals surface area contributed by atoms with Crippen molar-refractivity contribution in [1.29, 1.82) is 0 Å². The number of ether oxygens (including phenoxy) is 1. The fourth-order valence-corrected chi connectivity index (χ4v) is 3.76. The third kappa shape index (κ3) is 3.63. The van der Waals surface area contributed by atoms with Gasteiger partial charge < -0.3 is 10.1 Å². The number of methoxy groups -OCH3 is 1. The Morgan fingerprint density at radius 1 is 1.35 bits per heavy atom. The lowest BCUT2D eigenvalue weighted by Gasteiger charge is -2.01. The van der Waals surface area contributed by atoms with Gasteiger partial charge in [0, 0.05) is 20.1 Å². The molecule has 3 aromatic rings. The van der Waals surface area contributed by atoms with Crippen molar-refractivity contribution in [2.45, 2.75) is 19.6 Å². The van der Waals surface area contributed by atoms with Crippen LogP contribution in [-0.2, 0) is 22.7 Å². The van der Waals surface area contributed by atoms with Crippen LogP contribution >= 0.6 is 22.9 Å². The lowest BCUT2D eigenvalue weighted by Crippen LogP contribution is -2.18. The fraction of sp³-hybridized carbons (Fsp3) is 0.286. The summed E-state index contributed by atoms with van der Waals surface area (Å²) < 4.78 is 7.47. The van der Waals surface area contributed by atoms with E-state index in [0.717, 1.165) is 4.70 Å². The smallest absolute Gasteiger partial charge is 0.268 e. The van der Waals surface area contributed by atoms with E-state index in [1.165, 1.54) is 22.9 Å². The van der Waals surface area contributed by atoms with Gasteiger partial charge in [-0.05, 0) is 12.1 Å². The van der Waals surface area contributed by atoms with Crippen LogP contribution in [0, 0.1) is 0 Å². The molecule has 0 aliphatic carbocycles. The van der Waals surface area contributed by atoms with Crippen molar-refractivity contribution in [3.05, 3.63) is 39.6 Å². The second kappa shape index (κ2) is 6.99. The van der Waals surface area contributed by atoms with Crippen molar-refractivity contribution in [2.75, 3.05) is 12.4 Å². The number of aryl methyl sites for hydroxylation is 1. The highest BCUT2D eigenvalue weighted by molar-refractivity contribution is 7.15. The van der Waals surface area contributed by atoms with E-state index in [-0.39, 0.29) is 17.9 Å². The maximum absolute atomic E-state index is 12.2. The van der Waals surface area contributed by atoms with Gasteiger partial charge in [-0.25, -0.2) is 0 Å². The first kappa shape index (κ1) is 15.8. The van der Waals surface area contributed by atoms with E-state index in [9.17, 15) is 9.59 Å². The molecule has 2 heterocycles. The van der Waals surface area contributed by atoms with Crippen LogP contribution in [0.2, 0.25) is 0 Å². The van der Waals surface area contributed by atoms with Gasteiger partial charge >= 0.3 is 0 Å². The number of carbonyl (C=O) groups is 1. The van der Waals surface area contributed by atoms with Crippen molar-refractivity contribution in [2.24, 2.45) is 0 Å². The zero-order valence-corrected chi connectivity index (χ0v) is 13.9. The number of hydrogen-bond acceptors (Lipinski definition) is 7. The predicted molar refractivity (Wildman–Crippen MR) is 90.0 cm³/mol. The number of nitrogens with zero attached hydrogens (tertiary/aromatic N) is 3. The largest absolute Gasteiger partial charge is 0.377 e. The summed E-state index contributed by atoms with van der Waals surface area (Å²) in [7, 11) is 1.57. The molecule has 1 amide bonds. The standard InChI is InChI=1S/C14H14N4O3S2/c1-21-8-12-16-17-14(22-12)15-11(19)6-7-18-13(20)9-4-2-3-5-10(9)23-18/h2-5H,6-8H2,1H3,(H,15,17,19). The Morgan fingerprint density at radius 2 is 2.17 bits per heavy atom. The molecule has 0 unspecified atom stereocenters. The van der Waals surface area contributed by atoms with Gasteiger partial charge in [-0.15, -0.1) is 10.2 Å². The molecule has 0 aliphatic rings. The van der Waals surface area contributed by atoms with E-state index in [1.807, 2.05) is 18.2 Å². The first-order chi connectivity index (χ1) is 11.2. The monoisotopic (exact) mass is 350 g/mol. The number of carbonyl (C=O) groups excluding carboxylic acids is 1. The lowest BCUT2D eigenvalue weighted by molar-refractivity contribution is -0.116. The third-order valence-electron chi connectivity index (χ3n) is 3.08. The van der Waals surface area contributed by atoms with E-state index in [1.54, 1.807) is 17.1 Å². The first-order valence-electron chi connectivity index (χ1n) is 6.87. The Bertz CT molecular complexity index is 883. The Balaban J connectivity index is 1.61. The number of benzene rings is 1. The molecule has 0 radical (unpaired) electrons. The van der Waals surface area contributed by atoms with Gasteiger partial charge in [0.1, 0.15) is 11.6 Å². The minimum absolute atomic E-state index is 0.0586. The van der Waals surface area contributed by atoms with Gasteiger partial charge in [-0.2, -0.15) is 0 Å². The molecule has 0 saturated carbocycles. The van der Waals surface area contributed by atoms with Crippen LogP contribution in [0.5, 0.6) is 0 Å². The minimum Gasteiger partial charge on any atom is -0.377 e. The Kier molecular flexibility index (Phi) is 4.79. The number of anilines is 1. The highest BCUT2D eigenvalue weighted by Gasteiger charge is 2.11. The van der Waals surface area contributed by atoms with Crippen molar-refractivity contribution in [1.82, 2.24) is 14.2 Å². The topological polar surface area (TPSA) is 86.1 Å². The van der Waals surface area contributed by atoms with Crippen molar-refractivity contribution in [3.63, 3.8) is 0 Å². The van der Waals surface area contributed by atoms with Crippen molar-refractivity contribution < 1.29 is 9.53 Å². The average molecular weight is 350 g/mol. The molecule has 0 atom stereocenters. The highest BCUT2D eigenvalue weighted by atomic mass is 32.1. The summed E-state index contributed by atoms with van der Waals surface area (Å²) >= 11 is 2.63. The molecule has 0 aliphatic heterocycles. The zero-order valence-electron chi connectivity index (χ0n) is 12.3. The Hall–Kier alpha value is -2.10. The molecule has 120 valence electrons. The van der Waals surface area contributed by atoms with Crippen molar-refractivity contribution in [3.8, 4) is 0 Å². The fourth-order valence-electron chi connectivity index (χ4n) is 2.04. The van der Waals surface area contributed by atoms with E-state index in [4.69, 9.17) is 4.74 Å². The number of hydrogen-bond donors (Lipinski definition) is 1. The molecule has 3 rings (SSSR count). The Labute approximate surface area is 139 Å². The predicted octanol–water partition coefficient (Wildman–Crippen LogP) is 2.09. The number of amides is 1. The second-order valence-electron chi connectivity index (χ2n) is 4.73. The SMILES string of the molecule is COCc1nnc(NC(=O)CCn2sc3ccccc3c2=O)s1. The summed E-state index contributed by atoms with van der Waals surface area (Å²) in [6.45, 7) is 0.707. The first-order valence-corrected chi connectivity index (χ1v) is 8.46. The quantitative estimate of drug-likeness (QED) is 0.736. The molecule has 0 spiro atoms. The van der Waals surface area contributed by atoms with Gasteiger partial charge in [0.2, 0.25) is 11.0 Å². The van der Waals surface area contributed by atoms with E-state index < -0.39 is 0 Å². The minimum atomic E-state index is -0.200. The van der Waals surface area contributed by atoms with Gasteiger partial charge in [-0.3, -0.25) is 13.5 Å². The van der Waals surface area contributed by atoms with Gasteiger partial charge in [0.15, 0.2) is 0 Å². The summed E-state index contributed by atoms with van der Waals surface area (Å²) in [4.78, 5) is 24.1. The molecular weight excluding hydrogens is 336 g/mol. The van der Waals surface area contributed by atoms with Crippen LogP contribution in [0.3, 0.4) is 0 Å². The summed E-state index contributed by atoms with van der Waals surface area (Å²) in [5.41, 5.74) is -0.0586. The summed E-state index contributed by atoms with van der Waals surface area (Å²) in [5, 5.41) is 12.3. The van der Waals surface area contributed by atoms with Gasteiger partial charge in [0.25, 0.3) is 5.56 Å². The van der Waals surface area contributed by atoms with E-state index in [2.05, 4.69) is 15.5 Å². The Morgan fingerprint density at radius 3 is 2.96 bits per heavy atom. The van der Waals surface area contributed by atoms with Crippen LogP contribution in [0.4, 0.5) is 5.13 Å². The number of aromatic nitrogens is 3. The number of fused-ring (bicyclic) bond motifs is 1. The molecule has 0 bridgehead atoms. The maximum Gasteiger partial charge on any atom is 0.268 e. The molecule has 23 heavy (non-hydrogen) atoms. The van der Waals surface area contributed by atoms with Crippen molar-refractivity contribution >= 4 is 44.0 Å². The summed E-state index contributed by atoms with van der Waals surface area (Å²) in [6, 6.07) is 7.42. The zero-order chi connectivity index (χ0) is 16.2. The lowest BCUT2D eigenvalue weighted by atomic mass is 10.3. The van der Waals surface area contributed by atoms with Crippen LogP contribution in [-0.4, -0.2) is 27.2 Å². The highest BCUT2D eigenvalue weighted by Crippen LogP contribution is 2.17. The summed E-state index contributed by atoms with van der Waals surface area (Å²) in [6.07, 6.45) is 0.200. The van der Waals surface area contributed by atoms with Crippen LogP contribution in [0.25, 0.3) is 10.1 Å². The van der Waals surface area contributed by atoms with Crippen LogP contribution in [0.1, 0.15) is 11.4 Å². The second-order valence-corrected chi connectivity index (χ2v) is 6.85. The number of nitrogens with one attached hydrogen (secondary N) is 1. The molecule has 0 fully saturated rings. The maximum atomic E-state index is 12.2. The molecule has 1 aromatic carbocycles. The average Bonchev–Trinajstić information content (AvgIpc) is 3.11. The molecule has 1 N–H and O–H groups in total. The molecule has 2 aromatic heterocycles. The van der Waals surface area contributed by atoms with Crippen LogP contribution < -0.4 is 10.9 Å². The van der Waals surface area contributed by atoms with E-state index >= 15 is 0 Å². The molecule has 7 nitrogen and oxygen atoms in total. The van der Waals surface area contributed by atoms with Crippen LogP contribution in [0.15, 0.2) is 29.1 Å². The molecular formula is C14H14N4O3S2. The third-order valence-corrected chi connectivity index (χ3v) is 5.01. The molecule has 0 saturated heterocycles. The van der Waals surface area contributed by atoms with Gasteiger partial charge in [-0.1, -0.05) is 35.0 Å². The number of rotatable bonds is 6. The summed E-state index contributed by atoms with van der Waals surface area (Å²) in [5.74, 6) is -0.200.